The highest BCUT2D eigenvalue weighted by molar-refractivity contribution is 4.82. The van der Waals surface area contributed by atoms with Gasteiger partial charge in [0, 0.05) is 18.7 Å². The Bertz CT molecular complexity index is 232. The standard InChI is InChI=1S/C15H32N2O2/c1-3-11-19-14-7-5-9-17(12-14)10-6-8-15(16,4-2)13-18/h14,18H,3-13,16H2,1-2H3. The van der Waals surface area contributed by atoms with Crippen molar-refractivity contribution in [3.05, 3.63) is 0 Å². The number of aliphatic hydroxyl groups is 1. The fraction of sp³-hybridized carbons (Fsp3) is 1.00. The van der Waals surface area contributed by atoms with E-state index in [1.807, 2.05) is 6.92 Å². The monoisotopic (exact) mass is 272 g/mol. The van der Waals surface area contributed by atoms with Gasteiger partial charge < -0.3 is 20.5 Å². The van der Waals surface area contributed by atoms with Gasteiger partial charge in [0.25, 0.3) is 0 Å². The van der Waals surface area contributed by atoms with Crippen LogP contribution in [-0.2, 0) is 4.74 Å². The van der Waals surface area contributed by atoms with Crippen molar-refractivity contribution in [1.29, 1.82) is 0 Å². The largest absolute Gasteiger partial charge is 0.394 e. The average Bonchev–Trinajstić information content (AvgIpc) is 2.45. The van der Waals surface area contributed by atoms with Crippen molar-refractivity contribution in [1.82, 2.24) is 4.90 Å². The minimum atomic E-state index is -0.381. The smallest absolute Gasteiger partial charge is 0.0702 e. The second kappa shape index (κ2) is 8.90. The van der Waals surface area contributed by atoms with E-state index in [-0.39, 0.29) is 12.1 Å². The molecule has 1 fully saturated rings. The van der Waals surface area contributed by atoms with Crippen molar-refractivity contribution in [2.45, 2.75) is 64.0 Å². The molecule has 0 bridgehead atoms. The maximum atomic E-state index is 9.30. The summed E-state index contributed by atoms with van der Waals surface area (Å²) in [7, 11) is 0. The Labute approximate surface area is 118 Å². The Morgan fingerprint density at radius 1 is 1.42 bits per heavy atom. The molecular formula is C15H32N2O2. The molecule has 114 valence electrons. The zero-order valence-electron chi connectivity index (χ0n) is 12.7. The molecule has 3 N–H and O–H groups in total. The Hall–Kier alpha value is -0.160. The third-order valence-electron chi connectivity index (χ3n) is 4.19. The molecule has 0 saturated carbocycles. The van der Waals surface area contributed by atoms with Crippen molar-refractivity contribution in [3.63, 3.8) is 0 Å². The van der Waals surface area contributed by atoms with Crippen LogP contribution in [0.2, 0.25) is 0 Å². The highest BCUT2D eigenvalue weighted by Crippen LogP contribution is 2.17. The van der Waals surface area contributed by atoms with Gasteiger partial charge in [0.1, 0.15) is 0 Å². The molecule has 1 saturated heterocycles. The number of nitrogens with zero attached hydrogens (tertiary/aromatic N) is 1. The van der Waals surface area contributed by atoms with Gasteiger partial charge >= 0.3 is 0 Å². The molecule has 1 rings (SSSR count). The first-order valence-corrected chi connectivity index (χ1v) is 7.87. The summed E-state index contributed by atoms with van der Waals surface area (Å²) in [5.41, 5.74) is 5.73. The number of aliphatic hydroxyl groups excluding tert-OH is 1. The number of nitrogens with two attached hydrogens (primary N) is 1. The highest BCUT2D eigenvalue weighted by Gasteiger charge is 2.23. The van der Waals surface area contributed by atoms with E-state index in [1.165, 1.54) is 19.4 Å². The quantitative estimate of drug-likeness (QED) is 0.671. The first-order chi connectivity index (χ1) is 9.13. The molecule has 1 aliphatic heterocycles. The van der Waals surface area contributed by atoms with Crippen molar-refractivity contribution in [3.8, 4) is 0 Å². The molecule has 0 aromatic rings. The van der Waals surface area contributed by atoms with E-state index in [0.717, 1.165) is 45.4 Å². The van der Waals surface area contributed by atoms with Crippen molar-refractivity contribution in [2.75, 3.05) is 32.8 Å². The van der Waals surface area contributed by atoms with E-state index in [4.69, 9.17) is 10.5 Å². The zero-order valence-corrected chi connectivity index (χ0v) is 12.7. The van der Waals surface area contributed by atoms with Crippen LogP contribution in [-0.4, -0.2) is 54.5 Å². The normalized spacial score (nSPS) is 24.3. The molecule has 0 aliphatic carbocycles. The first kappa shape index (κ1) is 16.9. The number of ether oxygens (including phenoxy) is 1. The van der Waals surface area contributed by atoms with E-state index >= 15 is 0 Å². The minimum absolute atomic E-state index is 0.0890. The van der Waals surface area contributed by atoms with Gasteiger partial charge in [-0.2, -0.15) is 0 Å². The third kappa shape index (κ3) is 6.21. The van der Waals surface area contributed by atoms with Crippen LogP contribution in [0.15, 0.2) is 0 Å². The summed E-state index contributed by atoms with van der Waals surface area (Å²) in [6.45, 7) is 8.48. The van der Waals surface area contributed by atoms with Crippen LogP contribution < -0.4 is 5.73 Å². The lowest BCUT2D eigenvalue weighted by atomic mass is 9.92. The van der Waals surface area contributed by atoms with Crippen LogP contribution in [0, 0.1) is 0 Å². The summed E-state index contributed by atoms with van der Waals surface area (Å²) in [5.74, 6) is 0. The summed E-state index contributed by atoms with van der Waals surface area (Å²) in [4.78, 5) is 2.48. The molecular weight excluding hydrogens is 240 g/mol. The van der Waals surface area contributed by atoms with Gasteiger partial charge in [-0.15, -0.1) is 0 Å². The number of hydrogen-bond donors (Lipinski definition) is 2. The second-order valence-corrected chi connectivity index (χ2v) is 5.91. The molecule has 4 heteroatoms. The van der Waals surface area contributed by atoms with Gasteiger partial charge in [0.15, 0.2) is 0 Å². The number of rotatable bonds is 9. The maximum Gasteiger partial charge on any atom is 0.0702 e. The summed E-state index contributed by atoms with van der Waals surface area (Å²) < 4.78 is 5.85. The SMILES string of the molecule is CCCOC1CCCN(CCCC(N)(CC)CO)C1. The maximum absolute atomic E-state index is 9.30. The third-order valence-corrected chi connectivity index (χ3v) is 4.19. The molecule has 0 amide bonds. The molecule has 0 aromatic carbocycles. The van der Waals surface area contributed by atoms with Crippen LogP contribution >= 0.6 is 0 Å². The van der Waals surface area contributed by atoms with E-state index in [1.54, 1.807) is 0 Å². The van der Waals surface area contributed by atoms with Crippen LogP contribution in [0.1, 0.15) is 52.4 Å². The predicted molar refractivity (Wildman–Crippen MR) is 79.2 cm³/mol. The zero-order chi connectivity index (χ0) is 14.1. The van der Waals surface area contributed by atoms with Crippen molar-refractivity contribution >= 4 is 0 Å². The number of likely N-dealkylation sites (tertiary alicyclic amines) is 1. The number of piperidine rings is 1. The van der Waals surface area contributed by atoms with Gasteiger partial charge in [0.2, 0.25) is 0 Å². The Morgan fingerprint density at radius 2 is 2.21 bits per heavy atom. The van der Waals surface area contributed by atoms with Gasteiger partial charge in [-0.3, -0.25) is 0 Å². The summed E-state index contributed by atoms with van der Waals surface area (Å²) >= 11 is 0. The molecule has 1 heterocycles. The molecule has 0 spiro atoms. The lowest BCUT2D eigenvalue weighted by Crippen LogP contribution is -2.44. The Kier molecular flexibility index (Phi) is 7.91. The average molecular weight is 272 g/mol. The lowest BCUT2D eigenvalue weighted by molar-refractivity contribution is -0.000918. The fourth-order valence-electron chi connectivity index (χ4n) is 2.66. The molecule has 4 nitrogen and oxygen atoms in total. The molecule has 0 radical (unpaired) electrons. The van der Waals surface area contributed by atoms with E-state index in [0.29, 0.717) is 6.10 Å². The van der Waals surface area contributed by atoms with Crippen LogP contribution in [0.25, 0.3) is 0 Å². The molecule has 0 aromatic heterocycles. The highest BCUT2D eigenvalue weighted by atomic mass is 16.5. The van der Waals surface area contributed by atoms with Gasteiger partial charge in [-0.05, 0) is 51.6 Å². The van der Waals surface area contributed by atoms with E-state index in [9.17, 15) is 5.11 Å². The van der Waals surface area contributed by atoms with Crippen molar-refractivity contribution in [2.24, 2.45) is 5.73 Å². The molecule has 2 unspecified atom stereocenters. The van der Waals surface area contributed by atoms with Gasteiger partial charge in [-0.1, -0.05) is 13.8 Å². The lowest BCUT2D eigenvalue weighted by Gasteiger charge is -2.33. The summed E-state index contributed by atoms with van der Waals surface area (Å²) in [6, 6.07) is 0. The minimum Gasteiger partial charge on any atom is -0.394 e. The predicted octanol–water partition coefficient (Wildman–Crippen LogP) is 1.76. The second-order valence-electron chi connectivity index (χ2n) is 5.91. The summed E-state index contributed by atoms with van der Waals surface area (Å²) in [5, 5.41) is 9.30. The molecule has 2 atom stereocenters. The Balaban J connectivity index is 2.21. The Morgan fingerprint density at radius 3 is 2.84 bits per heavy atom. The molecule has 1 aliphatic rings. The first-order valence-electron chi connectivity index (χ1n) is 7.87. The van der Waals surface area contributed by atoms with Crippen LogP contribution in [0.3, 0.4) is 0 Å². The topological polar surface area (TPSA) is 58.7 Å². The number of hydrogen-bond acceptors (Lipinski definition) is 4. The molecule has 19 heavy (non-hydrogen) atoms. The van der Waals surface area contributed by atoms with Crippen LogP contribution in [0.5, 0.6) is 0 Å². The van der Waals surface area contributed by atoms with E-state index in [2.05, 4.69) is 11.8 Å². The van der Waals surface area contributed by atoms with E-state index < -0.39 is 0 Å². The fourth-order valence-corrected chi connectivity index (χ4v) is 2.66. The van der Waals surface area contributed by atoms with Crippen LogP contribution in [0.4, 0.5) is 0 Å². The summed E-state index contributed by atoms with van der Waals surface area (Å²) in [6.07, 6.45) is 6.74. The van der Waals surface area contributed by atoms with Gasteiger partial charge in [-0.25, -0.2) is 0 Å². The van der Waals surface area contributed by atoms with Crippen molar-refractivity contribution < 1.29 is 9.84 Å². The van der Waals surface area contributed by atoms with Gasteiger partial charge in [0.05, 0.1) is 12.7 Å².